The topological polar surface area (TPSA) is 73.8 Å². The minimum absolute atomic E-state index is 0.0312. The second-order valence-electron chi connectivity index (χ2n) is 8.46. The van der Waals surface area contributed by atoms with Crippen LogP contribution in [0.25, 0.3) is 0 Å². The van der Waals surface area contributed by atoms with Crippen LogP contribution in [0.15, 0.2) is 66.7 Å². The lowest BCUT2D eigenvalue weighted by Gasteiger charge is -2.18. The van der Waals surface area contributed by atoms with Crippen molar-refractivity contribution >= 4 is 17.4 Å². The molecule has 0 spiro atoms. The van der Waals surface area contributed by atoms with Crippen molar-refractivity contribution in [2.45, 2.75) is 19.3 Å². The summed E-state index contributed by atoms with van der Waals surface area (Å²) in [4.78, 5) is 18.8. The molecule has 1 aromatic heterocycles. The molecule has 0 radical (unpaired) electrons. The number of amides is 1. The number of rotatable bonds is 11. The van der Waals surface area contributed by atoms with Gasteiger partial charge in [-0.3, -0.25) is 4.79 Å². The molecule has 0 aliphatic carbocycles. The largest absolute Gasteiger partial charge is 0.493 e. The molecule has 0 saturated carbocycles. The molecule has 192 valence electrons. The van der Waals surface area contributed by atoms with E-state index in [1.807, 2.05) is 42.5 Å². The van der Waals surface area contributed by atoms with Gasteiger partial charge in [-0.1, -0.05) is 30.3 Å². The van der Waals surface area contributed by atoms with Gasteiger partial charge in [-0.2, -0.15) is 9.36 Å². The molecule has 0 bridgehead atoms. The van der Waals surface area contributed by atoms with E-state index >= 15 is 0 Å². The zero-order chi connectivity index (χ0) is 26.2. The van der Waals surface area contributed by atoms with Crippen molar-refractivity contribution in [3.63, 3.8) is 0 Å². The van der Waals surface area contributed by atoms with Crippen LogP contribution >= 0.6 is 11.5 Å². The first kappa shape index (κ1) is 26.1. The van der Waals surface area contributed by atoms with E-state index in [0.29, 0.717) is 54.1 Å². The summed E-state index contributed by atoms with van der Waals surface area (Å²) in [6.45, 7) is 0.590. The fourth-order valence-corrected chi connectivity index (χ4v) is 4.25. The number of benzene rings is 3. The van der Waals surface area contributed by atoms with E-state index in [-0.39, 0.29) is 11.7 Å². The number of halogens is 1. The maximum Gasteiger partial charge on any atom is 0.298 e. The molecule has 0 fully saturated rings. The molecule has 1 amide bonds. The van der Waals surface area contributed by atoms with Crippen LogP contribution in [0.1, 0.15) is 22.5 Å². The molecule has 9 heteroatoms. The first-order chi connectivity index (χ1) is 17.9. The van der Waals surface area contributed by atoms with Crippen molar-refractivity contribution in [2.24, 2.45) is 0 Å². The van der Waals surface area contributed by atoms with Crippen LogP contribution in [-0.2, 0) is 24.1 Å². The van der Waals surface area contributed by atoms with Crippen LogP contribution in [0.2, 0.25) is 0 Å². The Labute approximate surface area is 219 Å². The molecular weight excluding hydrogens is 493 g/mol. The number of likely N-dealkylation sites (N-methyl/N-ethyl adjacent to an activating group) is 1. The lowest BCUT2D eigenvalue weighted by Crippen LogP contribution is -2.30. The van der Waals surface area contributed by atoms with E-state index in [2.05, 4.69) is 9.36 Å². The third-order valence-corrected chi connectivity index (χ3v) is 6.45. The van der Waals surface area contributed by atoms with Crippen molar-refractivity contribution in [3.8, 4) is 22.4 Å². The highest BCUT2D eigenvalue weighted by atomic mass is 32.1. The van der Waals surface area contributed by atoms with Crippen LogP contribution < -0.4 is 14.2 Å². The molecule has 1 heterocycles. The summed E-state index contributed by atoms with van der Waals surface area (Å²) in [7, 11) is 5.02. The molecule has 0 aliphatic heterocycles. The summed E-state index contributed by atoms with van der Waals surface area (Å²) >= 11 is 1.16. The number of methoxy groups -OCH3 is 2. The van der Waals surface area contributed by atoms with Gasteiger partial charge in [0.1, 0.15) is 11.6 Å². The first-order valence-corrected chi connectivity index (χ1v) is 12.5. The van der Waals surface area contributed by atoms with Crippen LogP contribution in [-0.4, -0.2) is 48.0 Å². The zero-order valence-corrected chi connectivity index (χ0v) is 21.8. The smallest absolute Gasteiger partial charge is 0.298 e. The molecular formula is C28H28FN3O4S. The van der Waals surface area contributed by atoms with Crippen molar-refractivity contribution in [2.75, 3.05) is 27.8 Å². The Balaban J connectivity index is 1.26. The molecule has 3 aromatic carbocycles. The van der Waals surface area contributed by atoms with Gasteiger partial charge in [-0.15, -0.1) is 0 Å². The van der Waals surface area contributed by atoms with E-state index in [1.54, 1.807) is 38.3 Å². The fourth-order valence-electron chi connectivity index (χ4n) is 3.68. The Kier molecular flexibility index (Phi) is 8.68. The average molecular weight is 522 g/mol. The van der Waals surface area contributed by atoms with E-state index in [4.69, 9.17) is 14.2 Å². The fraction of sp³-hybridized carbons (Fsp3) is 0.250. The van der Waals surface area contributed by atoms with Gasteiger partial charge in [0.2, 0.25) is 5.91 Å². The number of ether oxygens (including phenoxy) is 3. The molecule has 0 N–H and O–H groups in total. The van der Waals surface area contributed by atoms with Gasteiger partial charge in [-0.05, 0) is 59.5 Å². The number of carbonyl (C=O) groups is 1. The van der Waals surface area contributed by atoms with Gasteiger partial charge in [0.15, 0.2) is 17.3 Å². The number of hydrogen-bond acceptors (Lipinski definition) is 7. The Morgan fingerprint density at radius 2 is 1.59 bits per heavy atom. The Morgan fingerprint density at radius 3 is 2.30 bits per heavy atom. The van der Waals surface area contributed by atoms with E-state index in [9.17, 15) is 9.18 Å². The maximum atomic E-state index is 13.1. The van der Waals surface area contributed by atoms with E-state index in [0.717, 1.165) is 28.2 Å². The first-order valence-electron chi connectivity index (χ1n) is 11.7. The normalized spacial score (nSPS) is 10.7. The minimum Gasteiger partial charge on any atom is -0.493 e. The molecule has 7 nitrogen and oxygen atoms in total. The summed E-state index contributed by atoms with van der Waals surface area (Å²) < 4.78 is 33.8. The lowest BCUT2D eigenvalue weighted by atomic mass is 10.1. The Morgan fingerprint density at radius 1 is 0.919 bits per heavy atom. The van der Waals surface area contributed by atoms with Gasteiger partial charge in [0.25, 0.3) is 5.19 Å². The zero-order valence-electron chi connectivity index (χ0n) is 20.9. The molecule has 37 heavy (non-hydrogen) atoms. The van der Waals surface area contributed by atoms with Crippen molar-refractivity contribution in [3.05, 3.63) is 95.1 Å². The second kappa shape index (κ2) is 12.3. The van der Waals surface area contributed by atoms with E-state index < -0.39 is 0 Å². The second-order valence-corrected chi connectivity index (χ2v) is 9.17. The van der Waals surface area contributed by atoms with Crippen LogP contribution in [0.4, 0.5) is 4.39 Å². The van der Waals surface area contributed by atoms with Gasteiger partial charge in [-0.25, -0.2) is 4.39 Å². The van der Waals surface area contributed by atoms with Gasteiger partial charge in [0, 0.05) is 31.5 Å². The predicted octanol–water partition coefficient (Wildman–Crippen LogP) is 5.32. The Bertz CT molecular complexity index is 1330. The number of carbonyl (C=O) groups excluding carboxylic acids is 1. The third-order valence-electron chi connectivity index (χ3n) is 5.82. The molecule has 0 unspecified atom stereocenters. The summed E-state index contributed by atoms with van der Waals surface area (Å²) in [6.07, 6.45) is 1.50. The number of aromatic nitrogens is 2. The van der Waals surface area contributed by atoms with Crippen molar-refractivity contribution < 1.29 is 23.4 Å². The van der Waals surface area contributed by atoms with Crippen molar-refractivity contribution in [1.29, 1.82) is 0 Å². The van der Waals surface area contributed by atoms with Gasteiger partial charge >= 0.3 is 0 Å². The highest BCUT2D eigenvalue weighted by Crippen LogP contribution is 2.28. The molecule has 0 aliphatic rings. The molecule has 0 saturated heterocycles. The highest BCUT2D eigenvalue weighted by Gasteiger charge is 2.12. The van der Waals surface area contributed by atoms with Crippen LogP contribution in [0.5, 0.6) is 22.4 Å². The standard InChI is InChI=1S/C28H28FN3O4S/c1-32(15-14-21-8-13-24(34-2)25(16-21)35-3)27(33)18-20-6-11-23(12-7-20)36-28-30-26(31-37-28)17-19-4-9-22(29)10-5-19/h4-13,16H,14-15,17-18H2,1-3H3. The lowest BCUT2D eigenvalue weighted by molar-refractivity contribution is -0.129. The SMILES string of the molecule is COc1ccc(CCN(C)C(=O)Cc2ccc(Oc3nc(Cc4ccc(F)cc4)ns3)cc2)cc1OC. The monoisotopic (exact) mass is 521 g/mol. The van der Waals surface area contributed by atoms with Gasteiger partial charge < -0.3 is 19.1 Å². The maximum absolute atomic E-state index is 13.1. The van der Waals surface area contributed by atoms with Crippen LogP contribution in [0, 0.1) is 5.82 Å². The molecule has 0 atom stereocenters. The minimum atomic E-state index is -0.273. The summed E-state index contributed by atoms with van der Waals surface area (Å²) in [5.41, 5.74) is 2.88. The van der Waals surface area contributed by atoms with Crippen molar-refractivity contribution in [1.82, 2.24) is 14.3 Å². The average Bonchev–Trinajstić information content (AvgIpc) is 3.35. The third kappa shape index (κ3) is 7.27. The number of nitrogens with zero attached hydrogens (tertiary/aromatic N) is 3. The molecule has 4 rings (SSSR count). The van der Waals surface area contributed by atoms with Gasteiger partial charge in [0.05, 0.1) is 20.6 Å². The summed E-state index contributed by atoms with van der Waals surface area (Å²) in [5, 5.41) is 0.427. The Hall–Kier alpha value is -3.98. The summed E-state index contributed by atoms with van der Waals surface area (Å²) in [5.74, 6) is 2.34. The quantitative estimate of drug-likeness (QED) is 0.266. The van der Waals surface area contributed by atoms with Crippen LogP contribution in [0.3, 0.4) is 0 Å². The number of hydrogen-bond donors (Lipinski definition) is 0. The predicted molar refractivity (Wildman–Crippen MR) is 140 cm³/mol. The molecule has 4 aromatic rings. The van der Waals surface area contributed by atoms with E-state index in [1.165, 1.54) is 12.1 Å². The summed E-state index contributed by atoms with van der Waals surface area (Å²) in [6, 6.07) is 19.4. The highest BCUT2D eigenvalue weighted by molar-refractivity contribution is 7.07.